The average molecular weight is 254 g/mol. The van der Waals surface area contributed by atoms with Gasteiger partial charge in [0.25, 0.3) is 0 Å². The molecular formula is C13H22N2O3. The lowest BCUT2D eigenvalue weighted by molar-refractivity contribution is -0.138. The summed E-state index contributed by atoms with van der Waals surface area (Å²) < 4.78 is 0. The molecule has 2 aliphatic carbocycles. The quantitative estimate of drug-likeness (QED) is 0.701. The van der Waals surface area contributed by atoms with Crippen molar-refractivity contribution in [3.8, 4) is 0 Å². The Labute approximate surface area is 107 Å². The Morgan fingerprint density at radius 3 is 2.28 bits per heavy atom. The van der Waals surface area contributed by atoms with Crippen molar-refractivity contribution < 1.29 is 14.7 Å². The van der Waals surface area contributed by atoms with Crippen molar-refractivity contribution in [3.63, 3.8) is 0 Å². The molecule has 0 radical (unpaired) electrons. The molecule has 0 heterocycles. The second kappa shape index (κ2) is 4.78. The maximum Gasteiger partial charge on any atom is 0.315 e. The number of carboxylic acid groups (broad SMARTS) is 1. The Hall–Kier alpha value is -1.26. The molecule has 5 heteroatoms. The van der Waals surface area contributed by atoms with Crippen LogP contribution in [0.25, 0.3) is 0 Å². The standard InChI is InChI=1S/C13H22N2O3/c1-12(6-7-12)9-14-11(18)15-13(8-10(16)17)4-2-3-5-13/h2-9H2,1H3,(H,16,17)(H2,14,15,18). The van der Waals surface area contributed by atoms with Crippen molar-refractivity contribution in [1.82, 2.24) is 10.6 Å². The first-order chi connectivity index (χ1) is 8.43. The van der Waals surface area contributed by atoms with E-state index in [9.17, 15) is 9.59 Å². The predicted octanol–water partition coefficient (Wildman–Crippen LogP) is 1.87. The highest BCUT2D eigenvalue weighted by Crippen LogP contribution is 2.44. The van der Waals surface area contributed by atoms with Gasteiger partial charge in [-0.3, -0.25) is 4.79 Å². The van der Waals surface area contributed by atoms with E-state index in [4.69, 9.17) is 5.11 Å². The zero-order valence-corrected chi connectivity index (χ0v) is 10.9. The highest BCUT2D eigenvalue weighted by Gasteiger charge is 2.39. The number of aliphatic carboxylic acids is 1. The minimum Gasteiger partial charge on any atom is -0.481 e. The highest BCUT2D eigenvalue weighted by atomic mass is 16.4. The minimum absolute atomic E-state index is 0.0255. The van der Waals surface area contributed by atoms with Gasteiger partial charge in [-0.1, -0.05) is 19.8 Å². The third kappa shape index (κ3) is 3.37. The van der Waals surface area contributed by atoms with Gasteiger partial charge >= 0.3 is 12.0 Å². The van der Waals surface area contributed by atoms with Crippen LogP contribution >= 0.6 is 0 Å². The van der Waals surface area contributed by atoms with Gasteiger partial charge in [-0.05, 0) is 31.1 Å². The van der Waals surface area contributed by atoms with Gasteiger partial charge in [-0.2, -0.15) is 0 Å². The number of carbonyl (C=O) groups excluding carboxylic acids is 1. The molecule has 2 fully saturated rings. The van der Waals surface area contributed by atoms with Crippen molar-refractivity contribution in [3.05, 3.63) is 0 Å². The zero-order valence-electron chi connectivity index (χ0n) is 10.9. The third-order valence-electron chi connectivity index (χ3n) is 4.21. The van der Waals surface area contributed by atoms with E-state index in [2.05, 4.69) is 17.6 Å². The second-order valence-corrected chi connectivity index (χ2v) is 6.18. The van der Waals surface area contributed by atoms with Gasteiger partial charge in [-0.25, -0.2) is 4.79 Å². The number of amides is 2. The van der Waals surface area contributed by atoms with Crippen LogP contribution in [0.1, 0.15) is 51.9 Å². The maximum atomic E-state index is 11.8. The maximum absolute atomic E-state index is 11.8. The van der Waals surface area contributed by atoms with E-state index < -0.39 is 11.5 Å². The molecule has 0 saturated heterocycles. The summed E-state index contributed by atoms with van der Waals surface area (Å²) in [4.78, 5) is 22.7. The summed E-state index contributed by atoms with van der Waals surface area (Å²) in [6.45, 7) is 2.83. The lowest BCUT2D eigenvalue weighted by atomic mass is 9.93. The molecule has 2 rings (SSSR count). The lowest BCUT2D eigenvalue weighted by Crippen LogP contribution is -2.52. The van der Waals surface area contributed by atoms with E-state index in [1.807, 2.05) is 0 Å². The van der Waals surface area contributed by atoms with E-state index >= 15 is 0 Å². The Bertz CT molecular complexity index is 344. The first kappa shape index (κ1) is 13.2. The number of urea groups is 1. The summed E-state index contributed by atoms with van der Waals surface area (Å²) in [5.41, 5.74) is -0.257. The van der Waals surface area contributed by atoms with Crippen LogP contribution in [0, 0.1) is 5.41 Å². The number of nitrogens with one attached hydrogen (secondary N) is 2. The molecule has 0 aromatic rings. The predicted molar refractivity (Wildman–Crippen MR) is 67.3 cm³/mol. The van der Waals surface area contributed by atoms with E-state index in [0.717, 1.165) is 38.5 Å². The molecule has 18 heavy (non-hydrogen) atoms. The third-order valence-corrected chi connectivity index (χ3v) is 4.21. The van der Waals surface area contributed by atoms with Crippen molar-refractivity contribution in [2.75, 3.05) is 6.54 Å². The minimum atomic E-state index is -0.841. The monoisotopic (exact) mass is 254 g/mol. The molecule has 0 bridgehead atoms. The summed E-state index contributed by atoms with van der Waals surface area (Å²) in [7, 11) is 0. The Kier molecular flexibility index (Phi) is 3.50. The van der Waals surface area contributed by atoms with Crippen molar-refractivity contribution in [1.29, 1.82) is 0 Å². The lowest BCUT2D eigenvalue weighted by Gasteiger charge is -2.29. The topological polar surface area (TPSA) is 78.4 Å². The summed E-state index contributed by atoms with van der Waals surface area (Å²) in [5.74, 6) is -0.841. The molecule has 102 valence electrons. The van der Waals surface area contributed by atoms with Gasteiger partial charge in [0.05, 0.1) is 12.0 Å². The largest absolute Gasteiger partial charge is 0.481 e. The summed E-state index contributed by atoms with van der Waals surface area (Å²) in [6.07, 6.45) is 5.86. The molecule has 2 amide bonds. The molecule has 2 aliphatic rings. The number of carboxylic acids is 1. The molecular weight excluding hydrogens is 232 g/mol. The molecule has 0 aliphatic heterocycles. The highest BCUT2D eigenvalue weighted by molar-refractivity contribution is 5.77. The molecule has 0 unspecified atom stereocenters. The van der Waals surface area contributed by atoms with Gasteiger partial charge in [0.15, 0.2) is 0 Å². The average Bonchev–Trinajstić information content (AvgIpc) is 2.84. The molecule has 0 spiro atoms. The molecule has 0 aromatic carbocycles. The smallest absolute Gasteiger partial charge is 0.315 e. The molecule has 5 nitrogen and oxygen atoms in total. The van der Waals surface area contributed by atoms with Crippen LogP contribution < -0.4 is 10.6 Å². The normalized spacial score (nSPS) is 23.4. The van der Waals surface area contributed by atoms with Crippen LogP contribution in [0.5, 0.6) is 0 Å². The van der Waals surface area contributed by atoms with E-state index in [1.54, 1.807) is 0 Å². The fourth-order valence-corrected chi connectivity index (χ4v) is 2.66. The van der Waals surface area contributed by atoms with Gasteiger partial charge in [0.2, 0.25) is 0 Å². The van der Waals surface area contributed by atoms with Crippen molar-refractivity contribution >= 4 is 12.0 Å². The van der Waals surface area contributed by atoms with Gasteiger partial charge in [-0.15, -0.1) is 0 Å². The fraction of sp³-hybridized carbons (Fsp3) is 0.846. The van der Waals surface area contributed by atoms with Crippen LogP contribution in [-0.2, 0) is 4.79 Å². The van der Waals surface area contributed by atoms with E-state index in [0.29, 0.717) is 6.54 Å². The summed E-state index contributed by atoms with van der Waals surface area (Å²) in [6, 6.07) is -0.216. The zero-order chi connectivity index (χ0) is 13.2. The second-order valence-electron chi connectivity index (χ2n) is 6.18. The Balaban J connectivity index is 1.84. The van der Waals surface area contributed by atoms with Crippen LogP contribution in [0.3, 0.4) is 0 Å². The molecule has 0 atom stereocenters. The first-order valence-corrected chi connectivity index (χ1v) is 6.71. The summed E-state index contributed by atoms with van der Waals surface area (Å²) >= 11 is 0. The van der Waals surface area contributed by atoms with Crippen molar-refractivity contribution in [2.24, 2.45) is 5.41 Å². The Morgan fingerprint density at radius 2 is 1.78 bits per heavy atom. The Morgan fingerprint density at radius 1 is 1.17 bits per heavy atom. The molecule has 3 N–H and O–H groups in total. The van der Waals surface area contributed by atoms with Crippen LogP contribution in [0.2, 0.25) is 0 Å². The van der Waals surface area contributed by atoms with Crippen LogP contribution in [0.15, 0.2) is 0 Å². The number of carbonyl (C=O) groups is 2. The van der Waals surface area contributed by atoms with Gasteiger partial charge in [0, 0.05) is 6.54 Å². The van der Waals surface area contributed by atoms with E-state index in [1.165, 1.54) is 0 Å². The van der Waals surface area contributed by atoms with Gasteiger partial charge < -0.3 is 15.7 Å². The van der Waals surface area contributed by atoms with Crippen molar-refractivity contribution in [2.45, 2.75) is 57.4 Å². The SMILES string of the molecule is CC1(CNC(=O)NC2(CC(=O)O)CCCC2)CC1. The van der Waals surface area contributed by atoms with E-state index in [-0.39, 0.29) is 17.9 Å². The first-order valence-electron chi connectivity index (χ1n) is 6.71. The molecule has 0 aromatic heterocycles. The fourth-order valence-electron chi connectivity index (χ4n) is 2.66. The van der Waals surface area contributed by atoms with Crippen LogP contribution in [0.4, 0.5) is 4.79 Å². The van der Waals surface area contributed by atoms with Gasteiger partial charge in [0.1, 0.15) is 0 Å². The number of rotatable bonds is 5. The molecule has 2 saturated carbocycles. The summed E-state index contributed by atoms with van der Waals surface area (Å²) in [5, 5.41) is 14.7. The number of hydrogen-bond donors (Lipinski definition) is 3. The van der Waals surface area contributed by atoms with Crippen LogP contribution in [-0.4, -0.2) is 29.2 Å². The number of hydrogen-bond acceptors (Lipinski definition) is 2.